The van der Waals surface area contributed by atoms with Gasteiger partial charge in [-0.3, -0.25) is 9.59 Å². The number of likely N-dealkylation sites (tertiary alicyclic amines) is 1. The lowest BCUT2D eigenvalue weighted by atomic mass is 10.0. The molecular formula is C31H34ClN5O6S2. The molecule has 14 heteroatoms. The highest BCUT2D eigenvalue weighted by Crippen LogP contribution is 2.30. The largest absolute Gasteiger partial charge is 0.361 e. The Hall–Kier alpha value is -3.65. The molecule has 2 saturated heterocycles. The van der Waals surface area contributed by atoms with Gasteiger partial charge in [-0.05, 0) is 66.9 Å². The van der Waals surface area contributed by atoms with E-state index in [1.807, 2.05) is 34.9 Å². The van der Waals surface area contributed by atoms with Crippen LogP contribution in [0.3, 0.4) is 0 Å². The quantitative estimate of drug-likeness (QED) is 0.388. The van der Waals surface area contributed by atoms with Crippen LogP contribution in [0.2, 0.25) is 5.02 Å². The van der Waals surface area contributed by atoms with Gasteiger partial charge in [-0.25, -0.2) is 16.8 Å². The molecule has 1 N–H and O–H groups in total. The van der Waals surface area contributed by atoms with E-state index in [0.29, 0.717) is 42.3 Å². The van der Waals surface area contributed by atoms with Crippen LogP contribution in [0.25, 0.3) is 10.8 Å². The number of carbonyl (C=O) groups excluding carboxylic acids is 2. The molecule has 45 heavy (non-hydrogen) atoms. The molecule has 11 nitrogen and oxygen atoms in total. The first-order valence-electron chi connectivity index (χ1n) is 14.6. The fraction of sp³-hybridized carbons (Fsp3) is 0.355. The van der Waals surface area contributed by atoms with Gasteiger partial charge in [0.2, 0.25) is 15.9 Å². The molecule has 2 fully saturated rings. The van der Waals surface area contributed by atoms with E-state index in [-0.39, 0.29) is 34.8 Å². The minimum Gasteiger partial charge on any atom is -0.361 e. The van der Waals surface area contributed by atoms with Gasteiger partial charge in [-0.2, -0.15) is 4.72 Å². The van der Waals surface area contributed by atoms with Crippen molar-refractivity contribution in [2.75, 3.05) is 39.2 Å². The summed E-state index contributed by atoms with van der Waals surface area (Å²) in [4.78, 5) is 34.1. The first kappa shape index (κ1) is 31.3. The summed E-state index contributed by atoms with van der Waals surface area (Å²) in [6.07, 6.45) is 2.81. The van der Waals surface area contributed by atoms with Gasteiger partial charge in [0.15, 0.2) is 9.84 Å². The third kappa shape index (κ3) is 6.39. The van der Waals surface area contributed by atoms with E-state index in [2.05, 4.69) is 4.72 Å². The number of hydrogen-bond acceptors (Lipinski definition) is 8. The number of fused-ring (bicyclic) bond motifs is 2. The second-order valence-electron chi connectivity index (χ2n) is 11.8. The van der Waals surface area contributed by atoms with E-state index < -0.39 is 37.6 Å². The summed E-state index contributed by atoms with van der Waals surface area (Å²) in [7, 11) is -6.46. The van der Waals surface area contributed by atoms with Gasteiger partial charge in [0.1, 0.15) is 11.7 Å². The number of sulfonamides is 1. The maximum Gasteiger partial charge on any atom is 0.273 e. The molecule has 238 valence electrons. The highest BCUT2D eigenvalue weighted by molar-refractivity contribution is 7.92. The fourth-order valence-electron chi connectivity index (χ4n) is 6.12. The van der Waals surface area contributed by atoms with E-state index in [0.717, 1.165) is 10.9 Å². The number of piperidine rings is 1. The first-order chi connectivity index (χ1) is 21.3. The van der Waals surface area contributed by atoms with Crippen LogP contribution in [-0.2, 0) is 29.4 Å². The van der Waals surface area contributed by atoms with Gasteiger partial charge < -0.3 is 19.6 Å². The fourth-order valence-corrected chi connectivity index (χ4v) is 9.03. The van der Waals surface area contributed by atoms with Crippen molar-refractivity contribution in [2.45, 2.75) is 41.6 Å². The van der Waals surface area contributed by atoms with E-state index in [1.54, 1.807) is 36.4 Å². The number of aryl methyl sites for hydroxylation is 1. The van der Waals surface area contributed by atoms with E-state index in [4.69, 9.17) is 11.6 Å². The van der Waals surface area contributed by atoms with Crippen molar-refractivity contribution in [3.8, 4) is 0 Å². The zero-order valence-electron chi connectivity index (χ0n) is 24.9. The number of benzene rings is 3. The molecule has 3 aliphatic heterocycles. The Kier molecular flexibility index (Phi) is 8.31. The van der Waals surface area contributed by atoms with Gasteiger partial charge in [-0.15, -0.1) is 0 Å². The molecule has 0 saturated carbocycles. The lowest BCUT2D eigenvalue weighted by molar-refractivity contribution is -0.135. The van der Waals surface area contributed by atoms with E-state index in [9.17, 15) is 26.4 Å². The number of nitrogens with zero attached hydrogens (tertiary/aromatic N) is 4. The Labute approximate surface area is 268 Å². The summed E-state index contributed by atoms with van der Waals surface area (Å²) >= 11 is 6.08. The Balaban J connectivity index is 1.22. The lowest BCUT2D eigenvalue weighted by Crippen LogP contribution is -2.55. The maximum atomic E-state index is 13.9. The number of amides is 2. The maximum absolute atomic E-state index is 13.9. The van der Waals surface area contributed by atoms with Crippen molar-refractivity contribution in [3.05, 3.63) is 83.1 Å². The van der Waals surface area contributed by atoms with Crippen molar-refractivity contribution in [1.82, 2.24) is 24.3 Å². The Bertz CT molecular complexity index is 1910. The molecule has 0 radical (unpaired) electrons. The number of hydrogen-bond donors (Lipinski definition) is 1. The second-order valence-corrected chi connectivity index (χ2v) is 16.0. The van der Waals surface area contributed by atoms with E-state index >= 15 is 0 Å². The van der Waals surface area contributed by atoms with Crippen LogP contribution in [0.1, 0.15) is 18.4 Å². The van der Waals surface area contributed by atoms with Gasteiger partial charge in [0, 0.05) is 37.4 Å². The number of halogens is 1. The molecule has 1 atom stereocenters. The highest BCUT2D eigenvalue weighted by atomic mass is 35.5. The normalized spacial score (nSPS) is 18.5. The van der Waals surface area contributed by atoms with Crippen molar-refractivity contribution < 1.29 is 26.4 Å². The zero-order chi connectivity index (χ0) is 32.1. The third-order valence-corrected chi connectivity index (χ3v) is 12.0. The molecule has 0 aliphatic carbocycles. The first-order valence-corrected chi connectivity index (χ1v) is 18.1. The summed E-state index contributed by atoms with van der Waals surface area (Å²) < 4.78 is 56.6. The average Bonchev–Trinajstić information content (AvgIpc) is 3.52. The summed E-state index contributed by atoms with van der Waals surface area (Å²) in [6, 6.07) is 14.1. The molecule has 3 aliphatic rings. The number of rotatable bonds is 8. The molecule has 6 rings (SSSR count). The smallest absolute Gasteiger partial charge is 0.273 e. The van der Waals surface area contributed by atoms with E-state index in [1.165, 1.54) is 29.2 Å². The van der Waals surface area contributed by atoms with Crippen LogP contribution >= 0.6 is 11.6 Å². The van der Waals surface area contributed by atoms with Gasteiger partial charge in [0.25, 0.3) is 5.91 Å². The molecule has 0 unspecified atom stereocenters. The predicted molar refractivity (Wildman–Crippen MR) is 170 cm³/mol. The second kappa shape index (κ2) is 11.9. The summed E-state index contributed by atoms with van der Waals surface area (Å²) in [5.41, 5.74) is 1.51. The summed E-state index contributed by atoms with van der Waals surface area (Å²) in [5, 5.41) is 1.90. The molecule has 0 bridgehead atoms. The zero-order valence-corrected chi connectivity index (χ0v) is 27.3. The molecule has 2 amide bonds. The minimum absolute atomic E-state index is 0.0311. The van der Waals surface area contributed by atoms with Crippen molar-refractivity contribution >= 4 is 54.0 Å². The standard InChI is InChI=1S/C31H34ClN5O6S2/c1-21-3-8-26(9-4-21)45(42,43)33-28(18-44(40,41)27-10-6-22-15-24(32)7-5-23(22)16-27)30(38)35-13-11-25(12-14-35)37-20-36-19-34(2)17-29(36)31(37)39/h3-10,15-17,25,28,33H,11-14,18-20H2,1-2H3/t28-/m1/s1. The molecule has 0 spiro atoms. The lowest BCUT2D eigenvalue weighted by Gasteiger charge is -2.38. The van der Waals surface area contributed by atoms with Crippen molar-refractivity contribution in [2.24, 2.45) is 0 Å². The minimum atomic E-state index is -4.24. The third-order valence-electron chi connectivity index (χ3n) is 8.54. The molecule has 0 aromatic heterocycles. The monoisotopic (exact) mass is 671 g/mol. The molecular weight excluding hydrogens is 638 g/mol. The number of sulfone groups is 1. The van der Waals surface area contributed by atoms with Crippen LogP contribution in [0.5, 0.6) is 0 Å². The summed E-state index contributed by atoms with van der Waals surface area (Å²) in [5.74, 6) is -1.44. The van der Waals surface area contributed by atoms with Crippen molar-refractivity contribution in [3.63, 3.8) is 0 Å². The SMILES string of the molecule is Cc1ccc(S(=O)(=O)N[C@H](CS(=O)(=O)c2ccc3cc(Cl)ccc3c2)C(=O)N2CCC(N3CN4CN(C)C=C4C3=O)CC2)cc1. The summed E-state index contributed by atoms with van der Waals surface area (Å²) in [6.45, 7) is 3.44. The molecule has 3 heterocycles. The van der Waals surface area contributed by atoms with Crippen LogP contribution < -0.4 is 4.72 Å². The Morgan fingerprint density at radius 1 is 0.933 bits per heavy atom. The van der Waals surface area contributed by atoms with Crippen LogP contribution in [0.15, 0.2) is 82.4 Å². The van der Waals surface area contributed by atoms with Crippen LogP contribution in [-0.4, -0.2) is 99.6 Å². The molecule has 3 aromatic rings. The highest BCUT2D eigenvalue weighted by Gasteiger charge is 2.42. The number of nitrogens with one attached hydrogen (secondary N) is 1. The van der Waals surface area contributed by atoms with Gasteiger partial charge in [-0.1, -0.05) is 41.4 Å². The average molecular weight is 672 g/mol. The number of carbonyl (C=O) groups is 2. The van der Waals surface area contributed by atoms with Crippen molar-refractivity contribution in [1.29, 1.82) is 0 Å². The topological polar surface area (TPSA) is 127 Å². The Morgan fingerprint density at radius 2 is 1.58 bits per heavy atom. The van der Waals surface area contributed by atoms with Gasteiger partial charge >= 0.3 is 0 Å². The van der Waals surface area contributed by atoms with Crippen LogP contribution in [0.4, 0.5) is 0 Å². The molecule has 3 aromatic carbocycles. The predicted octanol–water partition coefficient (Wildman–Crippen LogP) is 2.76. The van der Waals surface area contributed by atoms with Crippen LogP contribution in [0, 0.1) is 6.92 Å². The Morgan fingerprint density at radius 3 is 2.27 bits per heavy atom. The van der Waals surface area contributed by atoms with Gasteiger partial charge in [0.05, 0.1) is 28.9 Å².